The van der Waals surface area contributed by atoms with E-state index in [1.54, 1.807) is 30.3 Å². The maximum absolute atomic E-state index is 11.2. The summed E-state index contributed by atoms with van der Waals surface area (Å²) in [5.74, 6) is -0.414. The molecule has 3 N–H and O–H groups in total. The van der Waals surface area contributed by atoms with E-state index in [9.17, 15) is 15.0 Å². The molecule has 1 atom stereocenters. The lowest BCUT2D eigenvalue weighted by atomic mass is 10.0. The van der Waals surface area contributed by atoms with Crippen LogP contribution in [0, 0.1) is 0 Å². The summed E-state index contributed by atoms with van der Waals surface area (Å²) in [6.07, 6.45) is 0.213. The highest BCUT2D eigenvalue weighted by molar-refractivity contribution is 6.30. The fraction of sp³-hybridized carbons (Fsp3) is 0.240. The van der Waals surface area contributed by atoms with Gasteiger partial charge in [0.15, 0.2) is 0 Å². The van der Waals surface area contributed by atoms with E-state index < -0.39 is 12.1 Å². The third-order valence-electron chi connectivity index (χ3n) is 4.95. The monoisotopic (exact) mass is 475 g/mol. The van der Waals surface area contributed by atoms with Crippen molar-refractivity contribution in [3.05, 3.63) is 88.4 Å². The van der Waals surface area contributed by atoms with Gasteiger partial charge < -0.3 is 20.3 Å². The zero-order valence-electron chi connectivity index (χ0n) is 17.8. The molecule has 0 aliphatic rings. The van der Waals surface area contributed by atoms with Crippen LogP contribution in [0.5, 0.6) is 5.75 Å². The molecule has 3 aromatic carbocycles. The SMILES string of the molecule is CCOc1cc(C(=O)O)ccc1-c1ccc(CCNC[C@@H](O)c2cccc(Cl)c2)cc1.Cl. The molecule has 0 fully saturated rings. The van der Waals surface area contributed by atoms with Crippen molar-refractivity contribution in [2.45, 2.75) is 19.4 Å². The van der Waals surface area contributed by atoms with E-state index in [-0.39, 0.29) is 18.0 Å². The lowest BCUT2D eigenvalue weighted by molar-refractivity contribution is 0.0696. The zero-order chi connectivity index (χ0) is 22.2. The predicted molar refractivity (Wildman–Crippen MR) is 130 cm³/mol. The molecule has 7 heteroatoms. The van der Waals surface area contributed by atoms with Crippen molar-refractivity contribution in [1.29, 1.82) is 0 Å². The lowest BCUT2D eigenvalue weighted by Gasteiger charge is -2.13. The fourth-order valence-corrected chi connectivity index (χ4v) is 3.52. The van der Waals surface area contributed by atoms with E-state index in [2.05, 4.69) is 5.32 Å². The van der Waals surface area contributed by atoms with Crippen LogP contribution in [0.25, 0.3) is 11.1 Å². The van der Waals surface area contributed by atoms with Crippen LogP contribution in [0.15, 0.2) is 66.7 Å². The molecule has 0 aromatic heterocycles. The summed E-state index contributed by atoms with van der Waals surface area (Å²) < 4.78 is 5.65. The quantitative estimate of drug-likeness (QED) is 0.342. The third-order valence-corrected chi connectivity index (χ3v) is 5.19. The van der Waals surface area contributed by atoms with Crippen LogP contribution < -0.4 is 10.1 Å². The van der Waals surface area contributed by atoms with Crippen molar-refractivity contribution in [1.82, 2.24) is 5.32 Å². The number of aliphatic hydroxyl groups is 1. The second kappa shape index (κ2) is 12.5. The van der Waals surface area contributed by atoms with Gasteiger partial charge in [-0.1, -0.05) is 48.0 Å². The smallest absolute Gasteiger partial charge is 0.335 e. The highest BCUT2D eigenvalue weighted by atomic mass is 35.5. The Balaban J connectivity index is 0.00000363. The number of ether oxygens (including phenoxy) is 1. The molecule has 32 heavy (non-hydrogen) atoms. The van der Waals surface area contributed by atoms with Gasteiger partial charge in [0.1, 0.15) is 5.75 Å². The van der Waals surface area contributed by atoms with Gasteiger partial charge >= 0.3 is 5.97 Å². The summed E-state index contributed by atoms with van der Waals surface area (Å²) in [5.41, 5.74) is 3.99. The van der Waals surface area contributed by atoms with E-state index in [0.29, 0.717) is 23.9 Å². The molecule has 3 rings (SSSR count). The molecule has 0 aliphatic heterocycles. The summed E-state index contributed by atoms with van der Waals surface area (Å²) in [6.45, 7) is 3.51. The molecule has 0 bridgehead atoms. The Morgan fingerprint density at radius 1 is 1.09 bits per heavy atom. The number of halogens is 2. The second-order valence-corrected chi connectivity index (χ2v) is 7.61. The van der Waals surface area contributed by atoms with Crippen LogP contribution in [0.3, 0.4) is 0 Å². The summed E-state index contributed by atoms with van der Waals surface area (Å²) in [6, 6.07) is 20.3. The van der Waals surface area contributed by atoms with Crippen molar-refractivity contribution in [3.63, 3.8) is 0 Å². The number of carboxylic acid groups (broad SMARTS) is 1. The molecule has 0 saturated carbocycles. The standard InChI is InChI=1S/C25H26ClNO4.ClH/c1-2-31-24-15-20(25(29)30)10-11-22(24)18-8-6-17(7-9-18)12-13-27-16-23(28)19-4-3-5-21(26)14-19;/h3-11,14-15,23,27-28H,2,12-13,16H2,1H3,(H,29,30);1H/t23-;/m1./s1. The number of benzene rings is 3. The summed E-state index contributed by atoms with van der Waals surface area (Å²) >= 11 is 5.97. The molecule has 0 spiro atoms. The molecule has 0 radical (unpaired) electrons. The van der Waals surface area contributed by atoms with E-state index in [1.165, 1.54) is 0 Å². The molecular formula is C25H27Cl2NO4. The van der Waals surface area contributed by atoms with Gasteiger partial charge in [-0.15, -0.1) is 12.4 Å². The van der Waals surface area contributed by atoms with Crippen LogP contribution in [-0.4, -0.2) is 35.9 Å². The van der Waals surface area contributed by atoms with E-state index in [1.807, 2.05) is 43.3 Å². The topological polar surface area (TPSA) is 78.8 Å². The minimum Gasteiger partial charge on any atom is -0.493 e. The van der Waals surface area contributed by atoms with Crippen LogP contribution in [0.4, 0.5) is 0 Å². The Kier molecular flexibility index (Phi) is 10.0. The number of hydrogen-bond donors (Lipinski definition) is 3. The van der Waals surface area contributed by atoms with Crippen LogP contribution >= 0.6 is 24.0 Å². The van der Waals surface area contributed by atoms with Crippen molar-refractivity contribution >= 4 is 30.0 Å². The summed E-state index contributed by atoms with van der Waals surface area (Å²) in [4.78, 5) is 11.2. The van der Waals surface area contributed by atoms with Gasteiger partial charge in [-0.05, 0) is 66.9 Å². The van der Waals surface area contributed by atoms with Crippen LogP contribution in [-0.2, 0) is 6.42 Å². The van der Waals surface area contributed by atoms with E-state index >= 15 is 0 Å². The van der Waals surface area contributed by atoms with Gasteiger partial charge in [0.2, 0.25) is 0 Å². The molecule has 5 nitrogen and oxygen atoms in total. The Bertz CT molecular complexity index is 1020. The third kappa shape index (κ3) is 6.97. The van der Waals surface area contributed by atoms with Crippen molar-refractivity contribution in [3.8, 4) is 16.9 Å². The Morgan fingerprint density at radius 2 is 1.84 bits per heavy atom. The molecular weight excluding hydrogens is 449 g/mol. The Labute approximate surface area is 199 Å². The highest BCUT2D eigenvalue weighted by Gasteiger charge is 2.11. The first-order valence-corrected chi connectivity index (χ1v) is 10.6. The Hall–Kier alpha value is -2.57. The maximum atomic E-state index is 11.2. The second-order valence-electron chi connectivity index (χ2n) is 7.17. The van der Waals surface area contributed by atoms with Gasteiger partial charge in [-0.3, -0.25) is 0 Å². The number of carboxylic acids is 1. The molecule has 0 saturated heterocycles. The number of aromatic carboxylic acids is 1. The molecule has 0 amide bonds. The summed E-state index contributed by atoms with van der Waals surface area (Å²) in [7, 11) is 0. The molecule has 0 unspecified atom stereocenters. The van der Waals surface area contributed by atoms with Crippen molar-refractivity contribution in [2.75, 3.05) is 19.7 Å². The molecule has 170 valence electrons. The van der Waals surface area contributed by atoms with Gasteiger partial charge in [0, 0.05) is 17.1 Å². The number of nitrogens with one attached hydrogen (secondary N) is 1. The maximum Gasteiger partial charge on any atom is 0.335 e. The van der Waals surface area contributed by atoms with E-state index in [4.69, 9.17) is 16.3 Å². The van der Waals surface area contributed by atoms with Crippen LogP contribution in [0.2, 0.25) is 5.02 Å². The number of aliphatic hydroxyl groups excluding tert-OH is 1. The first kappa shape index (κ1) is 25.7. The number of rotatable bonds is 10. The first-order valence-electron chi connectivity index (χ1n) is 10.2. The average molecular weight is 476 g/mol. The van der Waals surface area contributed by atoms with Gasteiger partial charge in [0.25, 0.3) is 0 Å². The molecule has 3 aromatic rings. The highest BCUT2D eigenvalue weighted by Crippen LogP contribution is 2.31. The van der Waals surface area contributed by atoms with Gasteiger partial charge in [0.05, 0.1) is 18.3 Å². The normalized spacial score (nSPS) is 11.5. The summed E-state index contributed by atoms with van der Waals surface area (Å²) in [5, 5.41) is 23.3. The Morgan fingerprint density at radius 3 is 2.50 bits per heavy atom. The largest absolute Gasteiger partial charge is 0.493 e. The molecule has 0 heterocycles. The number of hydrogen-bond acceptors (Lipinski definition) is 4. The van der Waals surface area contributed by atoms with Gasteiger partial charge in [-0.25, -0.2) is 4.79 Å². The van der Waals surface area contributed by atoms with Crippen molar-refractivity contribution in [2.24, 2.45) is 0 Å². The zero-order valence-corrected chi connectivity index (χ0v) is 19.3. The first-order chi connectivity index (χ1) is 15.0. The minimum absolute atomic E-state index is 0. The minimum atomic E-state index is -0.976. The lowest BCUT2D eigenvalue weighted by Crippen LogP contribution is -2.23. The number of carbonyl (C=O) groups is 1. The van der Waals surface area contributed by atoms with Crippen LogP contribution in [0.1, 0.15) is 34.5 Å². The molecule has 0 aliphatic carbocycles. The average Bonchev–Trinajstić information content (AvgIpc) is 2.77. The van der Waals surface area contributed by atoms with E-state index in [0.717, 1.165) is 35.2 Å². The van der Waals surface area contributed by atoms with Crippen molar-refractivity contribution < 1.29 is 19.7 Å². The predicted octanol–water partition coefficient (Wildman–Crippen LogP) is 5.39. The van der Waals surface area contributed by atoms with Gasteiger partial charge in [-0.2, -0.15) is 0 Å². The fourth-order valence-electron chi connectivity index (χ4n) is 3.32.